The van der Waals surface area contributed by atoms with Crippen molar-refractivity contribution in [2.45, 2.75) is 31.4 Å². The number of amides is 1. The van der Waals surface area contributed by atoms with Gasteiger partial charge in [0, 0.05) is 25.4 Å². The summed E-state index contributed by atoms with van der Waals surface area (Å²) in [6.07, 6.45) is 1.58. The first-order valence-electron chi connectivity index (χ1n) is 7.90. The maximum absolute atomic E-state index is 12.5. The van der Waals surface area contributed by atoms with Crippen molar-refractivity contribution in [2.24, 2.45) is 0 Å². The van der Waals surface area contributed by atoms with Gasteiger partial charge in [0.25, 0.3) is 0 Å². The van der Waals surface area contributed by atoms with Gasteiger partial charge in [-0.2, -0.15) is 0 Å². The molecule has 0 radical (unpaired) electrons. The first-order valence-corrected chi connectivity index (χ1v) is 8.89. The zero-order valence-corrected chi connectivity index (χ0v) is 14.7. The smallest absolute Gasteiger partial charge is 0.414 e. The molecule has 7 heteroatoms. The maximum Gasteiger partial charge on any atom is 0.414 e. The topological polar surface area (TPSA) is 54.9 Å². The van der Waals surface area contributed by atoms with Crippen LogP contribution in [-0.2, 0) is 9.47 Å². The number of morpholine rings is 1. The molecule has 126 valence electrons. The zero-order chi connectivity index (χ0) is 16.4. The molecule has 0 saturated carbocycles. The summed E-state index contributed by atoms with van der Waals surface area (Å²) in [5, 5.41) is 0.888. The number of pyridine rings is 1. The average Bonchev–Trinajstić information content (AvgIpc) is 2.53. The first kappa shape index (κ1) is 16.4. The van der Waals surface area contributed by atoms with Crippen LogP contribution in [0.5, 0.6) is 0 Å². The molecule has 1 aromatic rings. The molecule has 0 bridgehead atoms. The molecule has 0 aromatic carbocycles. The average molecular weight is 337 g/mol. The Morgan fingerprint density at radius 2 is 2.04 bits per heavy atom. The molecule has 0 spiro atoms. The highest BCUT2D eigenvalue weighted by Gasteiger charge is 2.29. The molecule has 1 aromatic heterocycles. The molecule has 1 saturated heterocycles. The lowest BCUT2D eigenvalue weighted by molar-refractivity contribution is 0.0581. The van der Waals surface area contributed by atoms with Gasteiger partial charge < -0.3 is 14.4 Å². The maximum atomic E-state index is 12.5. The predicted octanol–water partition coefficient (Wildman–Crippen LogP) is 2.77. The fourth-order valence-corrected chi connectivity index (χ4v) is 3.50. The van der Waals surface area contributed by atoms with Gasteiger partial charge in [0.05, 0.1) is 30.8 Å². The second kappa shape index (κ2) is 6.57. The minimum absolute atomic E-state index is 0.306. The van der Waals surface area contributed by atoms with Crippen molar-refractivity contribution in [2.75, 3.05) is 48.4 Å². The summed E-state index contributed by atoms with van der Waals surface area (Å²) >= 11 is 1.68. The number of carbonyl (C=O) groups is 1. The van der Waals surface area contributed by atoms with Crippen LogP contribution in [0.1, 0.15) is 20.8 Å². The van der Waals surface area contributed by atoms with Crippen LogP contribution in [-0.4, -0.2) is 55.3 Å². The summed E-state index contributed by atoms with van der Waals surface area (Å²) in [5.74, 6) is 0.830. The van der Waals surface area contributed by atoms with Crippen LogP contribution >= 0.6 is 11.8 Å². The summed E-state index contributed by atoms with van der Waals surface area (Å²) in [7, 11) is 0. The SMILES string of the molecule is CC(C)(C)OC(=O)N1CCSc2ncc(N3CCOCC3)cc21. The van der Waals surface area contributed by atoms with E-state index in [2.05, 4.69) is 9.88 Å². The van der Waals surface area contributed by atoms with Crippen LogP contribution in [0.3, 0.4) is 0 Å². The van der Waals surface area contributed by atoms with Crippen molar-refractivity contribution in [3.63, 3.8) is 0 Å². The van der Waals surface area contributed by atoms with Crippen molar-refractivity contribution < 1.29 is 14.3 Å². The van der Waals surface area contributed by atoms with Gasteiger partial charge in [0.15, 0.2) is 0 Å². The van der Waals surface area contributed by atoms with Crippen LogP contribution < -0.4 is 9.80 Å². The third-order valence-corrected chi connectivity index (χ3v) is 4.63. The van der Waals surface area contributed by atoms with E-state index in [4.69, 9.17) is 9.47 Å². The third kappa shape index (κ3) is 3.90. The van der Waals surface area contributed by atoms with Gasteiger partial charge in [-0.15, -0.1) is 11.8 Å². The number of hydrogen-bond donors (Lipinski definition) is 0. The number of fused-ring (bicyclic) bond motifs is 1. The van der Waals surface area contributed by atoms with E-state index in [1.807, 2.05) is 33.0 Å². The summed E-state index contributed by atoms with van der Waals surface area (Å²) in [4.78, 5) is 21.0. The van der Waals surface area contributed by atoms with Crippen LogP contribution in [0.25, 0.3) is 0 Å². The molecule has 3 rings (SSSR count). The monoisotopic (exact) mass is 337 g/mol. The molecule has 1 amide bonds. The first-order chi connectivity index (χ1) is 10.9. The van der Waals surface area contributed by atoms with Crippen molar-refractivity contribution in [1.29, 1.82) is 0 Å². The number of hydrogen-bond acceptors (Lipinski definition) is 6. The Kier molecular flexibility index (Phi) is 4.68. The molecule has 0 aliphatic carbocycles. The quantitative estimate of drug-likeness (QED) is 0.785. The number of carbonyl (C=O) groups excluding carboxylic acids is 1. The predicted molar refractivity (Wildman–Crippen MR) is 91.6 cm³/mol. The highest BCUT2D eigenvalue weighted by molar-refractivity contribution is 7.99. The van der Waals surface area contributed by atoms with Crippen molar-refractivity contribution in [3.8, 4) is 0 Å². The fourth-order valence-electron chi connectivity index (χ4n) is 2.59. The Morgan fingerprint density at radius 1 is 1.30 bits per heavy atom. The molecule has 0 atom stereocenters. The van der Waals surface area contributed by atoms with E-state index in [9.17, 15) is 4.79 Å². The van der Waals surface area contributed by atoms with Gasteiger partial charge in [-0.1, -0.05) is 0 Å². The van der Waals surface area contributed by atoms with E-state index in [0.717, 1.165) is 48.5 Å². The highest BCUT2D eigenvalue weighted by Crippen LogP contribution is 2.36. The number of thioether (sulfide) groups is 1. The van der Waals surface area contributed by atoms with E-state index in [1.54, 1.807) is 16.7 Å². The third-order valence-electron chi connectivity index (χ3n) is 3.65. The Hall–Kier alpha value is -1.47. The minimum atomic E-state index is -0.503. The molecular formula is C16H23N3O3S. The normalized spacial score (nSPS) is 18.6. The van der Waals surface area contributed by atoms with Crippen LogP contribution in [0, 0.1) is 0 Å². The van der Waals surface area contributed by atoms with E-state index < -0.39 is 5.60 Å². The molecule has 23 heavy (non-hydrogen) atoms. The molecule has 1 fully saturated rings. The second-order valence-corrected chi connectivity index (χ2v) is 7.68. The van der Waals surface area contributed by atoms with E-state index in [-0.39, 0.29) is 6.09 Å². The molecule has 2 aliphatic heterocycles. The Bertz CT molecular complexity index is 582. The summed E-state index contributed by atoms with van der Waals surface area (Å²) in [5.41, 5.74) is 1.37. The van der Waals surface area contributed by atoms with Gasteiger partial charge in [-0.25, -0.2) is 9.78 Å². The van der Waals surface area contributed by atoms with Gasteiger partial charge in [-0.05, 0) is 26.8 Å². The molecule has 0 N–H and O–H groups in total. The summed E-state index contributed by atoms with van der Waals surface area (Å²) in [6, 6.07) is 2.05. The summed E-state index contributed by atoms with van der Waals surface area (Å²) in [6.45, 7) is 9.43. The number of aromatic nitrogens is 1. The number of anilines is 2. The second-order valence-electron chi connectivity index (χ2n) is 6.60. The number of nitrogens with zero attached hydrogens (tertiary/aromatic N) is 3. The van der Waals surface area contributed by atoms with Gasteiger partial charge >= 0.3 is 6.09 Å². The van der Waals surface area contributed by atoms with Crippen molar-refractivity contribution >= 4 is 29.2 Å². The standard InChI is InChI=1S/C16H23N3O3S/c1-16(2,3)22-15(20)19-6-9-23-14-13(19)10-12(11-17-14)18-4-7-21-8-5-18/h10-11H,4-9H2,1-3H3. The molecular weight excluding hydrogens is 314 g/mol. The van der Waals surface area contributed by atoms with Crippen LogP contribution in [0.15, 0.2) is 17.3 Å². The largest absolute Gasteiger partial charge is 0.443 e. The van der Waals surface area contributed by atoms with Crippen LogP contribution in [0.2, 0.25) is 0 Å². The van der Waals surface area contributed by atoms with Crippen molar-refractivity contribution in [1.82, 2.24) is 4.98 Å². The Labute approximate surface area is 141 Å². The lowest BCUT2D eigenvalue weighted by atomic mass is 10.2. The van der Waals surface area contributed by atoms with E-state index in [1.165, 1.54) is 0 Å². The van der Waals surface area contributed by atoms with Gasteiger partial charge in [-0.3, -0.25) is 4.90 Å². The van der Waals surface area contributed by atoms with E-state index in [0.29, 0.717) is 6.54 Å². The molecule has 6 nitrogen and oxygen atoms in total. The molecule has 0 unspecified atom stereocenters. The fraction of sp³-hybridized carbons (Fsp3) is 0.625. The van der Waals surface area contributed by atoms with Crippen molar-refractivity contribution in [3.05, 3.63) is 12.3 Å². The Balaban J connectivity index is 1.85. The molecule has 3 heterocycles. The lowest BCUT2D eigenvalue weighted by Crippen LogP contribution is -2.40. The highest BCUT2D eigenvalue weighted by atomic mass is 32.2. The van der Waals surface area contributed by atoms with Crippen LogP contribution in [0.4, 0.5) is 16.2 Å². The number of rotatable bonds is 1. The van der Waals surface area contributed by atoms with Gasteiger partial charge in [0.1, 0.15) is 10.6 Å². The van der Waals surface area contributed by atoms with E-state index >= 15 is 0 Å². The number of ether oxygens (including phenoxy) is 2. The Morgan fingerprint density at radius 3 is 2.74 bits per heavy atom. The zero-order valence-electron chi connectivity index (χ0n) is 13.9. The van der Waals surface area contributed by atoms with Gasteiger partial charge in [0.2, 0.25) is 0 Å². The summed E-state index contributed by atoms with van der Waals surface area (Å²) < 4.78 is 10.9. The molecule has 2 aliphatic rings. The minimum Gasteiger partial charge on any atom is -0.443 e. The lowest BCUT2D eigenvalue weighted by Gasteiger charge is -2.33.